The Kier molecular flexibility index (Phi) is 2.75. The van der Waals surface area contributed by atoms with Gasteiger partial charge in [0.15, 0.2) is 0 Å². The van der Waals surface area contributed by atoms with Crippen LogP contribution in [0.15, 0.2) is 18.3 Å². The number of nitrogens with one attached hydrogen (secondary N) is 1. The van der Waals surface area contributed by atoms with E-state index in [0.717, 1.165) is 0 Å². The molecule has 2 heterocycles. The first-order valence-electron chi connectivity index (χ1n) is 5.08. The van der Waals surface area contributed by atoms with Gasteiger partial charge in [0.25, 0.3) is 0 Å². The zero-order valence-corrected chi connectivity index (χ0v) is 9.17. The molecule has 1 N–H and O–H groups in total. The van der Waals surface area contributed by atoms with Crippen LogP contribution in [0.25, 0.3) is 0 Å². The Morgan fingerprint density at radius 1 is 1.59 bits per heavy atom. The van der Waals surface area contributed by atoms with Crippen molar-refractivity contribution in [2.75, 3.05) is 11.4 Å². The molecule has 1 aliphatic rings. The Morgan fingerprint density at radius 3 is 3.06 bits per heavy atom. The van der Waals surface area contributed by atoms with Gasteiger partial charge in [-0.1, -0.05) is 0 Å². The van der Waals surface area contributed by atoms with E-state index in [-0.39, 0.29) is 18.4 Å². The number of aromatic nitrogens is 1. The first-order valence-corrected chi connectivity index (χ1v) is 5.08. The van der Waals surface area contributed by atoms with E-state index in [1.54, 1.807) is 24.0 Å². The summed E-state index contributed by atoms with van der Waals surface area (Å²) >= 11 is 0. The number of hydrogen-bond acceptors (Lipinski definition) is 5. The average Bonchev–Trinajstić information content (AvgIpc) is 2.34. The highest BCUT2D eigenvalue weighted by atomic mass is 16.2. The summed E-state index contributed by atoms with van der Waals surface area (Å²) < 4.78 is 0. The summed E-state index contributed by atoms with van der Waals surface area (Å²) in [6.45, 7) is 1.75. The molecule has 1 saturated heterocycles. The van der Waals surface area contributed by atoms with Crippen LogP contribution < -0.4 is 10.2 Å². The lowest BCUT2D eigenvalue weighted by molar-refractivity contribution is -0.132. The van der Waals surface area contributed by atoms with Gasteiger partial charge >= 0.3 is 0 Å². The van der Waals surface area contributed by atoms with Gasteiger partial charge in [0.05, 0.1) is 18.2 Å². The van der Waals surface area contributed by atoms with Crippen molar-refractivity contribution in [3.05, 3.63) is 23.9 Å². The summed E-state index contributed by atoms with van der Waals surface area (Å²) in [7, 11) is 0. The minimum absolute atomic E-state index is 0.0643. The van der Waals surface area contributed by atoms with E-state index in [0.29, 0.717) is 11.4 Å². The molecule has 6 heteroatoms. The first-order chi connectivity index (χ1) is 8.11. The monoisotopic (exact) mass is 230 g/mol. The molecule has 0 spiro atoms. The highest BCUT2D eigenvalue weighted by Gasteiger charge is 2.31. The molecule has 1 aromatic rings. The summed E-state index contributed by atoms with van der Waals surface area (Å²) in [5.74, 6) is -0.262. The number of carbonyl (C=O) groups is 2. The van der Waals surface area contributed by atoms with Crippen LogP contribution in [0.4, 0.5) is 5.82 Å². The quantitative estimate of drug-likeness (QED) is 0.675. The second-order valence-corrected chi connectivity index (χ2v) is 3.73. The average molecular weight is 230 g/mol. The van der Waals surface area contributed by atoms with E-state index < -0.39 is 6.04 Å². The Morgan fingerprint density at radius 2 is 2.35 bits per heavy atom. The zero-order valence-electron chi connectivity index (χ0n) is 9.17. The summed E-state index contributed by atoms with van der Waals surface area (Å²) in [6, 6.07) is 4.64. The van der Waals surface area contributed by atoms with Crippen LogP contribution >= 0.6 is 0 Å². The molecule has 2 amide bonds. The molecule has 1 aromatic heterocycles. The summed E-state index contributed by atoms with van der Waals surface area (Å²) in [6.07, 6.45) is 1.48. The minimum atomic E-state index is -0.478. The molecule has 1 aliphatic heterocycles. The van der Waals surface area contributed by atoms with E-state index in [2.05, 4.69) is 10.3 Å². The Balaban J connectivity index is 2.34. The third kappa shape index (κ3) is 2.08. The second-order valence-electron chi connectivity index (χ2n) is 3.73. The van der Waals surface area contributed by atoms with Crippen LogP contribution in [0.2, 0.25) is 0 Å². The van der Waals surface area contributed by atoms with Gasteiger partial charge in [0.1, 0.15) is 11.9 Å². The number of imide groups is 1. The molecule has 1 unspecified atom stereocenters. The maximum Gasteiger partial charge on any atom is 0.249 e. The number of rotatable bonds is 1. The molecule has 0 aliphatic carbocycles. The van der Waals surface area contributed by atoms with Crippen molar-refractivity contribution in [3.8, 4) is 6.07 Å². The van der Waals surface area contributed by atoms with E-state index in [9.17, 15) is 9.59 Å². The van der Waals surface area contributed by atoms with Crippen molar-refractivity contribution in [2.24, 2.45) is 0 Å². The van der Waals surface area contributed by atoms with E-state index in [4.69, 9.17) is 5.26 Å². The van der Waals surface area contributed by atoms with Crippen LogP contribution in [-0.4, -0.2) is 29.4 Å². The number of pyridine rings is 1. The number of nitrogens with zero attached hydrogens (tertiary/aromatic N) is 3. The fraction of sp³-hybridized carbons (Fsp3) is 0.273. The van der Waals surface area contributed by atoms with Crippen LogP contribution in [0, 0.1) is 11.3 Å². The van der Waals surface area contributed by atoms with E-state index in [1.165, 1.54) is 6.20 Å². The maximum atomic E-state index is 11.5. The molecule has 0 aromatic carbocycles. The standard InChI is InChI=1S/C11H10N4O2/c1-7-11(17)14-10(16)6-15(7)9-4-8(5-12)2-3-13-9/h2-4,7H,6H2,1H3,(H,14,16,17). The summed E-state index contributed by atoms with van der Waals surface area (Å²) in [5, 5.41) is 11.0. The number of carbonyl (C=O) groups excluding carboxylic acids is 2. The molecular formula is C11H10N4O2. The number of nitriles is 1. The van der Waals surface area contributed by atoms with Crippen molar-refractivity contribution in [2.45, 2.75) is 13.0 Å². The maximum absolute atomic E-state index is 11.5. The topological polar surface area (TPSA) is 86.1 Å². The largest absolute Gasteiger partial charge is 0.335 e. The SMILES string of the molecule is CC1C(=O)NC(=O)CN1c1cc(C#N)ccn1. The van der Waals surface area contributed by atoms with Crippen molar-refractivity contribution < 1.29 is 9.59 Å². The van der Waals surface area contributed by atoms with Crippen molar-refractivity contribution in [1.82, 2.24) is 10.3 Å². The number of piperazine rings is 1. The lowest BCUT2D eigenvalue weighted by Crippen LogP contribution is -2.57. The van der Waals surface area contributed by atoms with Gasteiger partial charge in [-0.2, -0.15) is 5.26 Å². The molecule has 86 valence electrons. The smallest absolute Gasteiger partial charge is 0.249 e. The normalized spacial score (nSPS) is 19.8. The van der Waals surface area contributed by atoms with Crippen LogP contribution in [0.5, 0.6) is 0 Å². The van der Waals surface area contributed by atoms with Gasteiger partial charge in [-0.25, -0.2) is 4.98 Å². The highest BCUT2D eigenvalue weighted by molar-refractivity contribution is 6.04. The van der Waals surface area contributed by atoms with Crippen molar-refractivity contribution in [1.29, 1.82) is 5.26 Å². The van der Waals surface area contributed by atoms with Gasteiger partial charge in [-0.15, -0.1) is 0 Å². The molecule has 0 bridgehead atoms. The highest BCUT2D eigenvalue weighted by Crippen LogP contribution is 2.17. The molecular weight excluding hydrogens is 220 g/mol. The van der Waals surface area contributed by atoms with E-state index >= 15 is 0 Å². The molecule has 1 fully saturated rings. The lowest BCUT2D eigenvalue weighted by atomic mass is 10.2. The van der Waals surface area contributed by atoms with Gasteiger partial charge in [0.2, 0.25) is 11.8 Å². The van der Waals surface area contributed by atoms with Crippen LogP contribution in [0.3, 0.4) is 0 Å². The lowest BCUT2D eigenvalue weighted by Gasteiger charge is -2.32. The molecule has 2 rings (SSSR count). The predicted molar refractivity (Wildman–Crippen MR) is 58.9 cm³/mol. The van der Waals surface area contributed by atoms with Crippen molar-refractivity contribution in [3.63, 3.8) is 0 Å². The number of amides is 2. The first kappa shape index (κ1) is 11.1. The molecule has 17 heavy (non-hydrogen) atoms. The summed E-state index contributed by atoms with van der Waals surface area (Å²) in [4.78, 5) is 28.4. The second kappa shape index (κ2) is 4.22. The molecule has 6 nitrogen and oxygen atoms in total. The van der Waals surface area contributed by atoms with Gasteiger partial charge < -0.3 is 4.90 Å². The molecule has 0 radical (unpaired) electrons. The fourth-order valence-electron chi connectivity index (χ4n) is 1.64. The predicted octanol–water partition coefficient (Wildman–Crippen LogP) is -0.195. The van der Waals surface area contributed by atoms with Crippen LogP contribution in [0.1, 0.15) is 12.5 Å². The summed E-state index contributed by atoms with van der Waals surface area (Å²) in [5.41, 5.74) is 0.445. The van der Waals surface area contributed by atoms with Gasteiger partial charge in [0, 0.05) is 6.20 Å². The third-order valence-electron chi connectivity index (χ3n) is 2.59. The third-order valence-corrected chi connectivity index (χ3v) is 2.59. The Hall–Kier alpha value is -2.42. The number of anilines is 1. The van der Waals surface area contributed by atoms with Crippen molar-refractivity contribution >= 4 is 17.6 Å². The minimum Gasteiger partial charge on any atom is -0.335 e. The fourth-order valence-corrected chi connectivity index (χ4v) is 1.64. The van der Waals surface area contributed by atoms with Crippen LogP contribution in [-0.2, 0) is 9.59 Å². The zero-order chi connectivity index (χ0) is 12.4. The van der Waals surface area contributed by atoms with Gasteiger partial charge in [-0.3, -0.25) is 14.9 Å². The number of hydrogen-bond donors (Lipinski definition) is 1. The molecule has 1 atom stereocenters. The Bertz CT molecular complexity index is 520. The van der Waals surface area contributed by atoms with Gasteiger partial charge in [-0.05, 0) is 19.1 Å². The van der Waals surface area contributed by atoms with E-state index in [1.807, 2.05) is 6.07 Å². The Labute approximate surface area is 97.9 Å². The molecule has 0 saturated carbocycles.